The van der Waals surface area contributed by atoms with Crippen molar-refractivity contribution in [3.05, 3.63) is 30.5 Å². The minimum absolute atomic E-state index is 0.116. The summed E-state index contributed by atoms with van der Waals surface area (Å²) in [4.78, 5) is 41.8. The molecule has 2 aliphatic heterocycles. The Balaban J connectivity index is 1.51. The Bertz CT molecular complexity index is 1410. The van der Waals surface area contributed by atoms with Crippen LogP contribution in [0, 0.1) is 11.8 Å². The number of rotatable bonds is 8. The van der Waals surface area contributed by atoms with Crippen molar-refractivity contribution in [1.29, 1.82) is 0 Å². The SMILES string of the molecule is B[C@@H]1[C@@H](C)C(=O)CC(=O)O[C@H](CC)[C@@]2(C)OC(=O)N(CCCCn3cc(-c4cccc(N)c4)nn3)[C@@H]2[C@@H](C)NC[C@H](C)C[C@@]1(C)OC. The van der Waals surface area contributed by atoms with Gasteiger partial charge in [-0.15, -0.1) is 5.10 Å². The predicted molar refractivity (Wildman–Crippen MR) is 182 cm³/mol. The van der Waals surface area contributed by atoms with E-state index in [2.05, 4.69) is 22.6 Å². The summed E-state index contributed by atoms with van der Waals surface area (Å²) in [5.41, 5.74) is 6.55. The highest BCUT2D eigenvalue weighted by molar-refractivity contribution is 6.15. The second kappa shape index (κ2) is 15.2. The van der Waals surface area contributed by atoms with E-state index in [1.165, 1.54) is 0 Å². The normalized spacial score (nSPS) is 32.7. The average molecular weight is 653 g/mol. The molecule has 2 saturated heterocycles. The predicted octanol–water partition coefficient (Wildman–Crippen LogP) is 3.65. The molecule has 3 N–H and O–H groups in total. The van der Waals surface area contributed by atoms with E-state index in [0.29, 0.717) is 44.6 Å². The number of anilines is 1. The number of nitrogens with two attached hydrogens (primary N) is 1. The highest BCUT2D eigenvalue weighted by Gasteiger charge is 2.58. The minimum atomic E-state index is -1.13. The Kier molecular flexibility index (Phi) is 11.8. The number of hydrogen-bond acceptors (Lipinski definition) is 10. The fourth-order valence-corrected chi connectivity index (χ4v) is 7.41. The summed E-state index contributed by atoms with van der Waals surface area (Å²) in [6.07, 6.45) is 2.97. The van der Waals surface area contributed by atoms with Gasteiger partial charge in [0.2, 0.25) is 0 Å². The molecular formula is C34H53BN6O6. The number of benzene rings is 1. The van der Waals surface area contributed by atoms with Crippen LogP contribution < -0.4 is 11.1 Å². The lowest BCUT2D eigenvalue weighted by molar-refractivity contribution is -0.165. The van der Waals surface area contributed by atoms with E-state index in [9.17, 15) is 14.4 Å². The molecule has 12 nitrogen and oxygen atoms in total. The first-order valence-electron chi connectivity index (χ1n) is 17.0. The van der Waals surface area contributed by atoms with Crippen molar-refractivity contribution in [2.75, 3.05) is 25.9 Å². The second-order valence-corrected chi connectivity index (χ2v) is 14.0. The number of nitrogens with zero attached hydrogens (tertiary/aromatic N) is 4. The van der Waals surface area contributed by atoms with Gasteiger partial charge in [0.1, 0.15) is 31.8 Å². The lowest BCUT2D eigenvalue weighted by Crippen LogP contribution is -2.60. The van der Waals surface area contributed by atoms with Crippen LogP contribution in [0.25, 0.3) is 11.3 Å². The van der Waals surface area contributed by atoms with Crippen molar-refractivity contribution in [2.24, 2.45) is 11.8 Å². The number of carbonyl (C=O) groups excluding carboxylic acids is 3. The standard InChI is InChI=1S/C34H53BN6O6/c1-8-28-34(6)31(23(4)37-19-21(2)18-33(5,45-7)30(35)22(3)27(42)17-29(43)46-28)41(32(44)47-34)15-10-9-14-40-20-26(38-39-40)24-12-11-13-25(36)16-24/h11-13,16,20-23,28,30-31,37H,8-10,14-15,17-19,35-36H2,1-7H3/t21-,22+,23-,28-,30-,31-,33-,34-/m1/s1. The van der Waals surface area contributed by atoms with Crippen LogP contribution in [0.15, 0.2) is 30.5 Å². The van der Waals surface area contributed by atoms with Crippen LogP contribution in [0.2, 0.25) is 5.82 Å². The van der Waals surface area contributed by atoms with Crippen LogP contribution >= 0.6 is 0 Å². The van der Waals surface area contributed by atoms with E-state index >= 15 is 0 Å². The molecule has 13 heteroatoms. The zero-order valence-electron chi connectivity index (χ0n) is 29.3. The summed E-state index contributed by atoms with van der Waals surface area (Å²) in [5.74, 6) is -1.11. The molecule has 4 rings (SSSR count). The zero-order chi connectivity index (χ0) is 34.5. The second-order valence-electron chi connectivity index (χ2n) is 14.0. The molecule has 0 radical (unpaired) electrons. The van der Waals surface area contributed by atoms with Crippen LogP contribution in [-0.4, -0.2) is 95.2 Å². The first-order chi connectivity index (χ1) is 22.2. The molecule has 1 amide bonds. The Hall–Kier alpha value is -3.45. The average Bonchev–Trinajstić information content (AvgIpc) is 3.61. The molecule has 1 aromatic heterocycles. The van der Waals surface area contributed by atoms with Crippen LogP contribution in [0.1, 0.15) is 73.6 Å². The number of aryl methyl sites for hydroxylation is 1. The summed E-state index contributed by atoms with van der Waals surface area (Å²) < 4.78 is 19.9. The number of fused-ring (bicyclic) bond motifs is 1. The number of nitrogens with one attached hydrogen (secondary N) is 1. The molecule has 3 heterocycles. The molecular weight excluding hydrogens is 599 g/mol. The lowest BCUT2D eigenvalue weighted by atomic mass is 9.63. The number of ether oxygens (including phenoxy) is 3. The highest BCUT2D eigenvalue weighted by atomic mass is 16.6. The first-order valence-corrected chi connectivity index (χ1v) is 17.0. The lowest BCUT2D eigenvalue weighted by Gasteiger charge is -2.41. The van der Waals surface area contributed by atoms with Crippen molar-refractivity contribution in [2.45, 2.75) is 115 Å². The molecule has 2 aliphatic rings. The van der Waals surface area contributed by atoms with Crippen molar-refractivity contribution >= 4 is 31.4 Å². The molecule has 1 aromatic carbocycles. The molecule has 258 valence electrons. The Morgan fingerprint density at radius 1 is 1.15 bits per heavy atom. The van der Waals surface area contributed by atoms with E-state index in [1.54, 1.807) is 16.7 Å². The van der Waals surface area contributed by atoms with Gasteiger partial charge in [-0.1, -0.05) is 38.1 Å². The van der Waals surface area contributed by atoms with Crippen molar-refractivity contribution in [3.8, 4) is 11.3 Å². The Morgan fingerprint density at radius 2 is 1.87 bits per heavy atom. The van der Waals surface area contributed by atoms with Crippen LogP contribution in [0.4, 0.5) is 10.5 Å². The minimum Gasteiger partial charge on any atom is -0.458 e. The Morgan fingerprint density at radius 3 is 2.55 bits per heavy atom. The molecule has 0 spiro atoms. The number of Topliss-reactive ketones (excluding diaryl/α,β-unsaturated/α-hetero) is 1. The molecule has 8 atom stereocenters. The summed E-state index contributed by atoms with van der Waals surface area (Å²) in [5, 5.41) is 12.2. The molecule has 2 fully saturated rings. The van der Waals surface area contributed by atoms with Gasteiger partial charge in [-0.25, -0.2) is 4.79 Å². The molecule has 47 heavy (non-hydrogen) atoms. The quantitative estimate of drug-likeness (QED) is 0.142. The van der Waals surface area contributed by atoms with Crippen LogP contribution in [0.3, 0.4) is 0 Å². The third-order valence-electron chi connectivity index (χ3n) is 10.5. The number of amides is 1. The summed E-state index contributed by atoms with van der Waals surface area (Å²) in [6.45, 7) is 13.6. The van der Waals surface area contributed by atoms with Crippen molar-refractivity contribution < 1.29 is 28.6 Å². The van der Waals surface area contributed by atoms with Gasteiger partial charge in [0.15, 0.2) is 5.60 Å². The van der Waals surface area contributed by atoms with Gasteiger partial charge >= 0.3 is 12.1 Å². The van der Waals surface area contributed by atoms with Gasteiger partial charge in [-0.2, -0.15) is 0 Å². The summed E-state index contributed by atoms with van der Waals surface area (Å²) in [7, 11) is 3.69. The largest absolute Gasteiger partial charge is 0.458 e. The number of aromatic nitrogens is 3. The number of esters is 1. The highest BCUT2D eigenvalue weighted by Crippen LogP contribution is 2.40. The van der Waals surface area contributed by atoms with E-state index in [-0.39, 0.29) is 30.0 Å². The van der Waals surface area contributed by atoms with Gasteiger partial charge in [-0.3, -0.25) is 19.2 Å². The van der Waals surface area contributed by atoms with Gasteiger partial charge < -0.3 is 25.3 Å². The number of carbonyl (C=O) groups is 3. The maximum atomic E-state index is 13.5. The molecule has 2 aromatic rings. The van der Waals surface area contributed by atoms with Crippen LogP contribution in [-0.2, 0) is 30.3 Å². The molecule has 0 aliphatic carbocycles. The number of methoxy groups -OCH3 is 1. The fraction of sp³-hybridized carbons (Fsp3) is 0.676. The molecule has 0 unspecified atom stereocenters. The molecule has 0 saturated carbocycles. The van der Waals surface area contributed by atoms with E-state index < -0.39 is 41.3 Å². The third kappa shape index (κ3) is 8.17. The van der Waals surface area contributed by atoms with Gasteiger partial charge in [0.05, 0.1) is 17.8 Å². The Labute approximate surface area is 279 Å². The maximum absolute atomic E-state index is 13.5. The number of hydrogen-bond donors (Lipinski definition) is 2. The van der Waals surface area contributed by atoms with Crippen molar-refractivity contribution in [1.82, 2.24) is 25.2 Å². The number of nitrogen functional groups attached to an aromatic ring is 1. The monoisotopic (exact) mass is 652 g/mol. The van der Waals surface area contributed by atoms with Gasteiger partial charge in [0.25, 0.3) is 0 Å². The number of unbranched alkanes of at least 4 members (excludes halogenated alkanes) is 1. The topological polar surface area (TPSA) is 151 Å². The summed E-state index contributed by atoms with van der Waals surface area (Å²) in [6, 6.07) is 6.92. The number of ketones is 1. The van der Waals surface area contributed by atoms with Gasteiger partial charge in [0, 0.05) is 43.4 Å². The van der Waals surface area contributed by atoms with Crippen molar-refractivity contribution in [3.63, 3.8) is 0 Å². The van der Waals surface area contributed by atoms with Gasteiger partial charge in [-0.05, 0) is 76.9 Å². The fourth-order valence-electron chi connectivity index (χ4n) is 7.41. The third-order valence-corrected chi connectivity index (χ3v) is 10.5. The summed E-state index contributed by atoms with van der Waals surface area (Å²) >= 11 is 0. The number of cyclic esters (lactones) is 1. The van der Waals surface area contributed by atoms with Crippen LogP contribution in [0.5, 0.6) is 0 Å². The maximum Gasteiger partial charge on any atom is 0.410 e. The van der Waals surface area contributed by atoms with E-state index in [4.69, 9.17) is 19.9 Å². The van der Waals surface area contributed by atoms with E-state index in [0.717, 1.165) is 17.7 Å². The smallest absolute Gasteiger partial charge is 0.410 e. The molecule has 0 bridgehead atoms. The zero-order valence-corrected chi connectivity index (χ0v) is 29.3. The van der Waals surface area contributed by atoms with E-state index in [1.807, 2.05) is 72.9 Å². The first kappa shape index (κ1) is 36.4.